The van der Waals surface area contributed by atoms with Crippen molar-refractivity contribution in [1.82, 2.24) is 4.90 Å². The summed E-state index contributed by atoms with van der Waals surface area (Å²) in [4.78, 5) is 56.5. The molecule has 0 aromatic rings. The molecule has 0 spiro atoms. The predicted molar refractivity (Wildman–Crippen MR) is 77.5 cm³/mol. The first-order valence-corrected chi connectivity index (χ1v) is 7.23. The quantitative estimate of drug-likeness (QED) is 0.248. The van der Waals surface area contributed by atoms with Crippen LogP contribution in [0.3, 0.4) is 0 Å². The van der Waals surface area contributed by atoms with Crippen LogP contribution in [0.1, 0.15) is 19.8 Å². The number of hydrogen-bond donors (Lipinski definition) is 2. The van der Waals surface area contributed by atoms with Gasteiger partial charge in [-0.1, -0.05) is 0 Å². The highest BCUT2D eigenvalue weighted by atomic mass is 16.7. The van der Waals surface area contributed by atoms with Crippen LogP contribution >= 0.6 is 0 Å². The standard InChI is InChI=1S/C14H20N2O8/c1-7(23-11(19)3-8(5-17)6-18)24-14(22)16(2)12-9(13(20)21)4-10(12)15/h5-10,12H,3-4,15H2,1-2H3,(H,20,21). The lowest BCUT2D eigenvalue weighted by molar-refractivity contribution is -0.168. The molecule has 0 saturated heterocycles. The second-order valence-electron chi connectivity index (χ2n) is 5.53. The minimum atomic E-state index is -1.27. The highest BCUT2D eigenvalue weighted by molar-refractivity contribution is 5.84. The molecule has 0 radical (unpaired) electrons. The van der Waals surface area contributed by atoms with Gasteiger partial charge in [0.25, 0.3) is 0 Å². The Bertz CT molecular complexity index is 515. The van der Waals surface area contributed by atoms with Crippen LogP contribution in [0.2, 0.25) is 0 Å². The minimum Gasteiger partial charge on any atom is -0.481 e. The molecule has 24 heavy (non-hydrogen) atoms. The van der Waals surface area contributed by atoms with Gasteiger partial charge in [0, 0.05) is 20.0 Å². The number of likely N-dealkylation sites (N-methyl/N-ethyl adjacent to an activating group) is 1. The Labute approximate surface area is 137 Å². The first-order chi connectivity index (χ1) is 11.2. The zero-order valence-electron chi connectivity index (χ0n) is 13.3. The van der Waals surface area contributed by atoms with Crippen LogP contribution in [0.5, 0.6) is 0 Å². The molecule has 0 heterocycles. The van der Waals surface area contributed by atoms with Gasteiger partial charge in [-0.3, -0.25) is 9.59 Å². The third kappa shape index (κ3) is 4.75. The third-order valence-corrected chi connectivity index (χ3v) is 3.75. The van der Waals surface area contributed by atoms with E-state index in [0.717, 1.165) is 4.90 Å². The molecule has 3 N–H and O–H groups in total. The molecule has 0 aliphatic heterocycles. The maximum absolute atomic E-state index is 12.0. The van der Waals surface area contributed by atoms with E-state index in [0.29, 0.717) is 12.6 Å². The fourth-order valence-electron chi connectivity index (χ4n) is 2.40. The number of amides is 1. The van der Waals surface area contributed by atoms with Crippen LogP contribution in [0, 0.1) is 11.8 Å². The van der Waals surface area contributed by atoms with Crippen LogP contribution in [-0.4, -0.2) is 66.0 Å². The summed E-state index contributed by atoms with van der Waals surface area (Å²) in [5.74, 6) is -3.84. The fraction of sp³-hybridized carbons (Fsp3) is 0.643. The summed E-state index contributed by atoms with van der Waals surface area (Å²) in [5, 5.41) is 9.02. The average molecular weight is 344 g/mol. The van der Waals surface area contributed by atoms with E-state index in [2.05, 4.69) is 0 Å². The van der Waals surface area contributed by atoms with Crippen molar-refractivity contribution in [2.45, 2.75) is 38.1 Å². The maximum atomic E-state index is 12.0. The normalized spacial score (nSPS) is 23.6. The number of carbonyl (C=O) groups excluding carboxylic acids is 4. The van der Waals surface area contributed by atoms with E-state index in [1.54, 1.807) is 0 Å². The monoisotopic (exact) mass is 344 g/mol. The van der Waals surface area contributed by atoms with Gasteiger partial charge < -0.3 is 34.8 Å². The van der Waals surface area contributed by atoms with Crippen LogP contribution < -0.4 is 5.73 Å². The average Bonchev–Trinajstić information content (AvgIpc) is 2.49. The summed E-state index contributed by atoms with van der Waals surface area (Å²) in [6.45, 7) is 1.27. The molecule has 134 valence electrons. The Morgan fingerprint density at radius 1 is 1.29 bits per heavy atom. The highest BCUT2D eigenvalue weighted by Crippen LogP contribution is 2.31. The van der Waals surface area contributed by atoms with Gasteiger partial charge in [0.1, 0.15) is 12.6 Å². The van der Waals surface area contributed by atoms with E-state index in [9.17, 15) is 24.0 Å². The molecule has 1 saturated carbocycles. The van der Waals surface area contributed by atoms with Crippen LogP contribution in [0.4, 0.5) is 4.79 Å². The van der Waals surface area contributed by atoms with Crippen molar-refractivity contribution in [3.63, 3.8) is 0 Å². The highest BCUT2D eigenvalue weighted by Gasteiger charge is 2.47. The molecule has 10 heteroatoms. The lowest BCUT2D eigenvalue weighted by Crippen LogP contribution is -2.63. The third-order valence-electron chi connectivity index (χ3n) is 3.75. The first kappa shape index (κ1) is 19.6. The Kier molecular flexibility index (Phi) is 6.83. The summed E-state index contributed by atoms with van der Waals surface area (Å²) in [6, 6.07) is -1.20. The summed E-state index contributed by atoms with van der Waals surface area (Å²) in [5.41, 5.74) is 5.72. The van der Waals surface area contributed by atoms with Gasteiger partial charge in [-0.05, 0) is 6.42 Å². The second kappa shape index (κ2) is 8.39. The van der Waals surface area contributed by atoms with E-state index in [-0.39, 0.29) is 6.42 Å². The van der Waals surface area contributed by atoms with Gasteiger partial charge in [-0.2, -0.15) is 0 Å². The van der Waals surface area contributed by atoms with Crippen molar-refractivity contribution < 1.29 is 38.6 Å². The maximum Gasteiger partial charge on any atom is 0.412 e. The van der Waals surface area contributed by atoms with Gasteiger partial charge >= 0.3 is 18.0 Å². The molecule has 10 nitrogen and oxygen atoms in total. The topological polar surface area (TPSA) is 153 Å². The summed E-state index contributed by atoms with van der Waals surface area (Å²) in [7, 11) is 1.34. The van der Waals surface area contributed by atoms with Gasteiger partial charge in [0.05, 0.1) is 24.3 Å². The summed E-state index contributed by atoms with van der Waals surface area (Å²) in [6.07, 6.45) is -1.76. The summed E-state index contributed by atoms with van der Waals surface area (Å²) < 4.78 is 9.65. The Balaban J connectivity index is 2.51. The second-order valence-corrected chi connectivity index (χ2v) is 5.53. The molecule has 1 aliphatic rings. The van der Waals surface area contributed by atoms with Crippen LogP contribution in [0.15, 0.2) is 0 Å². The first-order valence-electron chi connectivity index (χ1n) is 7.23. The van der Waals surface area contributed by atoms with Crippen molar-refractivity contribution in [3.8, 4) is 0 Å². The van der Waals surface area contributed by atoms with Crippen molar-refractivity contribution in [2.24, 2.45) is 17.6 Å². The zero-order chi connectivity index (χ0) is 18.4. The van der Waals surface area contributed by atoms with E-state index in [4.69, 9.17) is 20.3 Å². The van der Waals surface area contributed by atoms with E-state index < -0.39 is 54.7 Å². The molecule has 1 fully saturated rings. The van der Waals surface area contributed by atoms with Crippen molar-refractivity contribution in [3.05, 3.63) is 0 Å². The van der Waals surface area contributed by atoms with Gasteiger partial charge in [0.15, 0.2) is 0 Å². The Morgan fingerprint density at radius 2 is 1.88 bits per heavy atom. The molecular formula is C14H20N2O8. The zero-order valence-corrected chi connectivity index (χ0v) is 13.3. The van der Waals surface area contributed by atoms with Crippen LogP contribution in [-0.2, 0) is 28.7 Å². The van der Waals surface area contributed by atoms with Gasteiger partial charge in [-0.25, -0.2) is 4.79 Å². The predicted octanol–water partition coefficient (Wildman–Crippen LogP) is -0.851. The number of aliphatic carboxylic acids is 1. The summed E-state index contributed by atoms with van der Waals surface area (Å²) >= 11 is 0. The number of esters is 1. The number of ether oxygens (including phenoxy) is 2. The molecule has 4 atom stereocenters. The van der Waals surface area contributed by atoms with Gasteiger partial charge in [0.2, 0.25) is 6.29 Å². The number of rotatable bonds is 8. The number of carboxylic acid groups (broad SMARTS) is 1. The Hall–Kier alpha value is -2.49. The smallest absolute Gasteiger partial charge is 0.412 e. The number of hydrogen-bond acceptors (Lipinski definition) is 8. The molecular weight excluding hydrogens is 324 g/mol. The molecule has 1 rings (SSSR count). The Morgan fingerprint density at radius 3 is 2.33 bits per heavy atom. The number of carboxylic acids is 1. The molecule has 4 unspecified atom stereocenters. The van der Waals surface area contributed by atoms with Crippen molar-refractivity contribution in [1.29, 1.82) is 0 Å². The van der Waals surface area contributed by atoms with Gasteiger partial charge in [-0.15, -0.1) is 0 Å². The SMILES string of the molecule is CC(OC(=O)CC(C=O)C=O)OC(=O)N(C)C1C(N)CC1C(=O)O. The largest absolute Gasteiger partial charge is 0.481 e. The molecule has 0 aromatic carbocycles. The number of nitrogens with two attached hydrogens (primary N) is 1. The van der Waals surface area contributed by atoms with Crippen LogP contribution in [0.25, 0.3) is 0 Å². The van der Waals surface area contributed by atoms with E-state index in [1.165, 1.54) is 14.0 Å². The molecule has 1 amide bonds. The molecule has 0 bridgehead atoms. The fourth-order valence-corrected chi connectivity index (χ4v) is 2.40. The molecule has 1 aliphatic carbocycles. The minimum absolute atomic E-state index is 0.251. The van der Waals surface area contributed by atoms with E-state index in [1.807, 2.05) is 0 Å². The lowest BCUT2D eigenvalue weighted by atomic mass is 9.74. The number of carbonyl (C=O) groups is 5. The van der Waals surface area contributed by atoms with E-state index >= 15 is 0 Å². The lowest BCUT2D eigenvalue weighted by Gasteiger charge is -2.44. The van der Waals surface area contributed by atoms with Crippen molar-refractivity contribution in [2.75, 3.05) is 7.05 Å². The number of aldehydes is 2. The van der Waals surface area contributed by atoms with Crippen molar-refractivity contribution >= 4 is 30.6 Å². The number of nitrogens with zero attached hydrogens (tertiary/aromatic N) is 1. The molecule has 0 aromatic heterocycles.